The number of fused-ring (bicyclic) bond motifs is 3. The summed E-state index contributed by atoms with van der Waals surface area (Å²) in [6.07, 6.45) is -4.15. The molecule has 2 heterocycles. The second-order valence-electron chi connectivity index (χ2n) is 8.23. The van der Waals surface area contributed by atoms with E-state index in [1.165, 1.54) is 7.11 Å². The van der Waals surface area contributed by atoms with Gasteiger partial charge in [0.1, 0.15) is 6.10 Å². The van der Waals surface area contributed by atoms with Gasteiger partial charge in [-0.3, -0.25) is 9.59 Å². The lowest BCUT2D eigenvalue weighted by atomic mass is 9.52. The van der Waals surface area contributed by atoms with Gasteiger partial charge in [0, 0.05) is 18.9 Å². The molecule has 2 aromatic rings. The van der Waals surface area contributed by atoms with Gasteiger partial charge in [-0.2, -0.15) is 0 Å². The molecule has 5 rings (SSSR count). The van der Waals surface area contributed by atoms with Gasteiger partial charge < -0.3 is 24.1 Å². The molecule has 31 heavy (non-hydrogen) atoms. The quantitative estimate of drug-likeness (QED) is 0.754. The Bertz CT molecular complexity index is 947. The number of methoxy groups -OCH3 is 1. The Balaban J connectivity index is 1.58. The minimum absolute atomic E-state index is 0.0328. The van der Waals surface area contributed by atoms with E-state index in [0.29, 0.717) is 0 Å². The Morgan fingerprint density at radius 1 is 0.806 bits per heavy atom. The standard InChI is InChI=1S/C24H24O7/c1-28-24-21-20(25)15(12-29-24)30-22(26)18-16(13-8-4-2-5-9-13)17(19(18)23(27)31-21)14-10-6-3-7-11-14/h2-11,15-21,24-25H,12H2,1H3/t15-,16-,17+,18+,19-,20+,21-,24-/m1/s1. The van der Waals surface area contributed by atoms with E-state index in [9.17, 15) is 14.7 Å². The van der Waals surface area contributed by atoms with Crippen LogP contribution in [-0.2, 0) is 28.5 Å². The molecule has 8 atom stereocenters. The van der Waals surface area contributed by atoms with E-state index in [1.807, 2.05) is 60.7 Å². The van der Waals surface area contributed by atoms with Crippen LogP contribution in [0.15, 0.2) is 60.7 Å². The van der Waals surface area contributed by atoms with Crippen molar-refractivity contribution >= 4 is 11.9 Å². The number of hydrogen-bond acceptors (Lipinski definition) is 7. The first-order valence-electron chi connectivity index (χ1n) is 10.4. The Hall–Kier alpha value is -2.74. The molecule has 1 aliphatic carbocycles. The molecule has 2 saturated heterocycles. The number of benzene rings is 2. The van der Waals surface area contributed by atoms with Gasteiger partial charge in [0.05, 0.1) is 18.4 Å². The fourth-order valence-electron chi connectivity index (χ4n) is 5.14. The SMILES string of the molecule is CO[C@@H]1OC[C@H]2OC(=O)[C@@H]3[C@H](C(=O)O[C@@H]1[C@H]2O)[C@@H](c1ccccc1)[C@H]3c1ccccc1. The first-order chi connectivity index (χ1) is 15.1. The lowest BCUT2D eigenvalue weighted by molar-refractivity contribution is -0.270. The van der Waals surface area contributed by atoms with Gasteiger partial charge in [0.2, 0.25) is 0 Å². The number of carbonyl (C=O) groups is 2. The number of rotatable bonds is 3. The number of ether oxygens (including phenoxy) is 4. The molecule has 2 aromatic carbocycles. The van der Waals surface area contributed by atoms with Crippen molar-refractivity contribution in [2.24, 2.45) is 11.8 Å². The van der Waals surface area contributed by atoms with Crippen molar-refractivity contribution in [1.29, 1.82) is 0 Å². The molecule has 0 spiro atoms. The van der Waals surface area contributed by atoms with Crippen LogP contribution < -0.4 is 0 Å². The third-order valence-electron chi connectivity index (χ3n) is 6.62. The first kappa shape index (κ1) is 20.2. The van der Waals surface area contributed by atoms with Crippen molar-refractivity contribution in [3.8, 4) is 0 Å². The maximum Gasteiger partial charge on any atom is 0.311 e. The van der Waals surface area contributed by atoms with Crippen molar-refractivity contribution in [3.63, 3.8) is 0 Å². The van der Waals surface area contributed by atoms with Crippen molar-refractivity contribution in [2.45, 2.75) is 36.4 Å². The Kier molecular flexibility index (Phi) is 5.25. The molecule has 162 valence electrons. The zero-order valence-electron chi connectivity index (χ0n) is 17.0. The molecule has 1 N–H and O–H groups in total. The minimum atomic E-state index is -1.23. The van der Waals surface area contributed by atoms with Gasteiger partial charge in [0.15, 0.2) is 18.5 Å². The molecule has 1 saturated carbocycles. The normalized spacial score (nSPS) is 37.2. The molecule has 2 bridgehead atoms. The van der Waals surface area contributed by atoms with Crippen molar-refractivity contribution in [1.82, 2.24) is 0 Å². The molecule has 7 nitrogen and oxygen atoms in total. The van der Waals surface area contributed by atoms with E-state index in [-0.39, 0.29) is 18.4 Å². The number of esters is 2. The van der Waals surface area contributed by atoms with Gasteiger partial charge in [-0.15, -0.1) is 0 Å². The lowest BCUT2D eigenvalue weighted by Gasteiger charge is -2.49. The summed E-state index contributed by atoms with van der Waals surface area (Å²) in [5.74, 6) is -3.03. The molecule has 2 aliphatic heterocycles. The van der Waals surface area contributed by atoms with Crippen LogP contribution in [0.5, 0.6) is 0 Å². The van der Waals surface area contributed by atoms with Crippen LogP contribution >= 0.6 is 0 Å². The summed E-state index contributed by atoms with van der Waals surface area (Å²) in [5.41, 5.74) is 1.90. The van der Waals surface area contributed by atoms with Crippen LogP contribution in [0.1, 0.15) is 23.0 Å². The fraction of sp³-hybridized carbons (Fsp3) is 0.417. The summed E-state index contributed by atoms with van der Waals surface area (Å²) in [7, 11) is 1.41. The predicted octanol–water partition coefficient (Wildman–Crippen LogP) is 2.00. The van der Waals surface area contributed by atoms with E-state index in [0.717, 1.165) is 11.1 Å². The highest BCUT2D eigenvalue weighted by Gasteiger charge is 2.62. The largest absolute Gasteiger partial charge is 0.457 e. The molecule has 0 radical (unpaired) electrons. The monoisotopic (exact) mass is 424 g/mol. The highest BCUT2D eigenvalue weighted by atomic mass is 16.7. The molecule has 0 aromatic heterocycles. The van der Waals surface area contributed by atoms with Crippen molar-refractivity contribution < 1.29 is 33.6 Å². The molecule has 0 unspecified atom stereocenters. The first-order valence-corrected chi connectivity index (χ1v) is 10.4. The van der Waals surface area contributed by atoms with Gasteiger partial charge in [-0.25, -0.2) is 0 Å². The molecule has 0 amide bonds. The van der Waals surface area contributed by atoms with Crippen LogP contribution in [0.3, 0.4) is 0 Å². The van der Waals surface area contributed by atoms with Crippen molar-refractivity contribution in [3.05, 3.63) is 71.8 Å². The molecule has 3 aliphatic rings. The van der Waals surface area contributed by atoms with Gasteiger partial charge >= 0.3 is 11.9 Å². The number of carbonyl (C=O) groups excluding carboxylic acids is 2. The maximum atomic E-state index is 13.3. The summed E-state index contributed by atoms with van der Waals surface area (Å²) in [6.45, 7) is -0.0328. The Morgan fingerprint density at radius 3 is 1.84 bits per heavy atom. The van der Waals surface area contributed by atoms with Crippen LogP contribution in [0.25, 0.3) is 0 Å². The van der Waals surface area contributed by atoms with Crippen molar-refractivity contribution in [2.75, 3.05) is 13.7 Å². The van der Waals surface area contributed by atoms with E-state index >= 15 is 0 Å². The van der Waals surface area contributed by atoms with E-state index in [4.69, 9.17) is 18.9 Å². The minimum Gasteiger partial charge on any atom is -0.457 e. The summed E-state index contributed by atoms with van der Waals surface area (Å²) in [6, 6.07) is 19.3. The summed E-state index contributed by atoms with van der Waals surface area (Å²) < 4.78 is 22.1. The highest BCUT2D eigenvalue weighted by Crippen LogP contribution is 2.59. The van der Waals surface area contributed by atoms with E-state index < -0.39 is 48.4 Å². The zero-order valence-corrected chi connectivity index (χ0v) is 17.0. The van der Waals surface area contributed by atoms with Crippen LogP contribution in [0.2, 0.25) is 0 Å². The zero-order chi connectivity index (χ0) is 21.5. The predicted molar refractivity (Wildman–Crippen MR) is 108 cm³/mol. The average molecular weight is 424 g/mol. The number of aliphatic hydroxyl groups excluding tert-OH is 1. The number of aliphatic hydroxyl groups is 1. The van der Waals surface area contributed by atoms with Gasteiger partial charge in [-0.1, -0.05) is 60.7 Å². The smallest absolute Gasteiger partial charge is 0.311 e. The lowest BCUT2D eigenvalue weighted by Crippen LogP contribution is -2.56. The van der Waals surface area contributed by atoms with E-state index in [1.54, 1.807) is 0 Å². The Morgan fingerprint density at radius 2 is 1.32 bits per heavy atom. The number of hydrogen-bond donors (Lipinski definition) is 1. The van der Waals surface area contributed by atoms with E-state index in [2.05, 4.69) is 0 Å². The second-order valence-corrected chi connectivity index (χ2v) is 8.23. The topological polar surface area (TPSA) is 91.3 Å². The van der Waals surface area contributed by atoms with Crippen LogP contribution in [0.4, 0.5) is 0 Å². The van der Waals surface area contributed by atoms with Gasteiger partial charge in [-0.05, 0) is 11.1 Å². The summed E-state index contributed by atoms with van der Waals surface area (Å²) in [5, 5.41) is 10.7. The second kappa shape index (κ2) is 8.07. The fourth-order valence-corrected chi connectivity index (χ4v) is 5.14. The van der Waals surface area contributed by atoms with Crippen LogP contribution in [0, 0.1) is 11.8 Å². The third kappa shape index (κ3) is 3.33. The Labute approximate surface area is 179 Å². The average Bonchev–Trinajstić information content (AvgIpc) is 2.78. The molecular formula is C24H24O7. The maximum absolute atomic E-state index is 13.3. The van der Waals surface area contributed by atoms with Gasteiger partial charge in [0.25, 0.3) is 0 Å². The summed E-state index contributed by atoms with van der Waals surface area (Å²) >= 11 is 0. The van der Waals surface area contributed by atoms with Crippen LogP contribution in [-0.4, -0.2) is 55.4 Å². The third-order valence-corrected chi connectivity index (χ3v) is 6.62. The summed E-state index contributed by atoms with van der Waals surface area (Å²) in [4.78, 5) is 26.6. The molecule has 3 fully saturated rings. The molecular weight excluding hydrogens is 400 g/mol. The highest BCUT2D eigenvalue weighted by molar-refractivity contribution is 5.87. The molecule has 7 heteroatoms.